The Morgan fingerprint density at radius 2 is 2.42 bits per heavy atom. The third kappa shape index (κ3) is 2.90. The van der Waals surface area contributed by atoms with E-state index in [0.29, 0.717) is 5.76 Å². The molecular weight excluding hydrogens is 273 g/mol. The Hall–Kier alpha value is -1.96. The van der Waals surface area contributed by atoms with Gasteiger partial charge in [0.1, 0.15) is 11.8 Å². The lowest BCUT2D eigenvalue weighted by atomic mass is 10.3. The fourth-order valence-corrected chi connectivity index (χ4v) is 2.17. The Morgan fingerprint density at radius 1 is 1.68 bits per heavy atom. The van der Waals surface area contributed by atoms with E-state index in [4.69, 9.17) is 4.74 Å². The minimum atomic E-state index is -0.691. The van der Waals surface area contributed by atoms with Crippen LogP contribution in [0.2, 0.25) is 0 Å². The van der Waals surface area contributed by atoms with Crippen LogP contribution in [0.15, 0.2) is 18.0 Å². The molecule has 1 aromatic rings. The maximum Gasteiger partial charge on any atom is 0.251 e. The molecule has 102 valence electrons. The van der Waals surface area contributed by atoms with Gasteiger partial charge in [0.15, 0.2) is 10.3 Å². The lowest BCUT2D eigenvalue weighted by molar-refractivity contribution is -0.132. The summed E-state index contributed by atoms with van der Waals surface area (Å²) in [6, 6.07) is -0.691. The van der Waals surface area contributed by atoms with E-state index in [2.05, 4.69) is 10.3 Å². The number of thiazole rings is 1. The van der Waals surface area contributed by atoms with E-state index in [1.54, 1.807) is 6.92 Å². The van der Waals surface area contributed by atoms with Crippen LogP contribution >= 0.6 is 11.3 Å². The van der Waals surface area contributed by atoms with Crippen LogP contribution in [0.4, 0.5) is 9.52 Å². The zero-order valence-electron chi connectivity index (χ0n) is 10.3. The number of hydrogen-bond acceptors (Lipinski definition) is 5. The van der Waals surface area contributed by atoms with E-state index in [0.717, 1.165) is 17.5 Å². The van der Waals surface area contributed by atoms with Gasteiger partial charge in [0.25, 0.3) is 5.91 Å². The first kappa shape index (κ1) is 13.5. The van der Waals surface area contributed by atoms with Gasteiger partial charge in [-0.25, -0.2) is 4.98 Å². The van der Waals surface area contributed by atoms with Gasteiger partial charge in [-0.15, -0.1) is 0 Å². The average Bonchev–Trinajstić information content (AvgIpc) is 2.94. The molecule has 1 aliphatic heterocycles. The molecule has 1 unspecified atom stereocenters. The number of amides is 2. The summed E-state index contributed by atoms with van der Waals surface area (Å²) in [6.45, 7) is 1.83. The monoisotopic (exact) mass is 285 g/mol. The Bertz CT molecular complexity index is 543. The zero-order valence-corrected chi connectivity index (χ0v) is 11.2. The Kier molecular flexibility index (Phi) is 3.79. The summed E-state index contributed by atoms with van der Waals surface area (Å²) >= 11 is 0.731. The molecule has 8 heteroatoms. The topological polar surface area (TPSA) is 71.5 Å². The molecule has 0 fully saturated rings. The van der Waals surface area contributed by atoms with Crippen molar-refractivity contribution < 1.29 is 18.7 Å². The smallest absolute Gasteiger partial charge is 0.251 e. The molecule has 0 aromatic carbocycles. The van der Waals surface area contributed by atoms with Crippen LogP contribution in [0, 0.1) is 5.13 Å². The van der Waals surface area contributed by atoms with E-state index in [9.17, 15) is 14.0 Å². The van der Waals surface area contributed by atoms with Crippen LogP contribution in [0.3, 0.4) is 0 Å². The summed E-state index contributed by atoms with van der Waals surface area (Å²) in [4.78, 5) is 28.6. The molecule has 1 aliphatic rings. The second-order valence-corrected chi connectivity index (χ2v) is 4.90. The van der Waals surface area contributed by atoms with Crippen LogP contribution in [0.5, 0.6) is 0 Å². The van der Waals surface area contributed by atoms with Crippen molar-refractivity contribution in [3.8, 4) is 0 Å². The predicted octanol–water partition coefficient (Wildman–Crippen LogP) is 0.982. The molecular formula is C11H12FN3O3S. The fourth-order valence-electron chi connectivity index (χ4n) is 1.63. The Balaban J connectivity index is 1.98. The summed E-state index contributed by atoms with van der Waals surface area (Å²) in [7, 11) is 1.46. The standard InChI is InChI=1S/C11H12FN3O3S/c1-6(15-5-7(18-2)3-9(15)16)10(17)14-11-13-4-8(12)19-11/h3-4,6H,5H2,1-2H3,(H,13,14,17). The lowest BCUT2D eigenvalue weighted by Gasteiger charge is -2.23. The van der Waals surface area contributed by atoms with E-state index in [1.165, 1.54) is 18.1 Å². The number of nitrogens with one attached hydrogen (secondary N) is 1. The summed E-state index contributed by atoms with van der Waals surface area (Å²) in [5.41, 5.74) is 0. The number of aromatic nitrogens is 1. The number of ether oxygens (including phenoxy) is 1. The quantitative estimate of drug-likeness (QED) is 0.895. The number of nitrogens with zero attached hydrogens (tertiary/aromatic N) is 2. The van der Waals surface area contributed by atoms with E-state index in [1.807, 2.05) is 0 Å². The van der Waals surface area contributed by atoms with Gasteiger partial charge < -0.3 is 15.0 Å². The molecule has 2 heterocycles. The summed E-state index contributed by atoms with van der Waals surface area (Å²) in [5.74, 6) is -0.205. The number of anilines is 1. The molecule has 1 N–H and O–H groups in total. The molecule has 0 spiro atoms. The predicted molar refractivity (Wildman–Crippen MR) is 67.0 cm³/mol. The van der Waals surface area contributed by atoms with Crippen molar-refractivity contribution in [2.45, 2.75) is 13.0 Å². The van der Waals surface area contributed by atoms with Crippen molar-refractivity contribution in [2.75, 3.05) is 19.0 Å². The maximum absolute atomic E-state index is 12.8. The number of hydrogen-bond donors (Lipinski definition) is 1. The van der Waals surface area contributed by atoms with Crippen LogP contribution in [0.1, 0.15) is 6.92 Å². The lowest BCUT2D eigenvalue weighted by Crippen LogP contribution is -2.43. The van der Waals surface area contributed by atoms with Gasteiger partial charge in [-0.1, -0.05) is 11.3 Å². The van der Waals surface area contributed by atoms with E-state index < -0.39 is 17.1 Å². The second kappa shape index (κ2) is 5.35. The molecule has 0 bridgehead atoms. The Labute approximate surface area is 112 Å². The molecule has 2 amide bonds. The first-order valence-electron chi connectivity index (χ1n) is 5.48. The van der Waals surface area contributed by atoms with Gasteiger partial charge in [0.2, 0.25) is 5.91 Å². The molecule has 1 atom stereocenters. The number of halogens is 1. The highest BCUT2D eigenvalue weighted by Gasteiger charge is 2.30. The third-order valence-electron chi connectivity index (χ3n) is 2.71. The van der Waals surface area contributed by atoms with E-state index >= 15 is 0 Å². The third-order valence-corrected chi connectivity index (χ3v) is 3.41. The summed E-state index contributed by atoms with van der Waals surface area (Å²) in [5, 5.41) is 2.15. The van der Waals surface area contributed by atoms with Crippen LogP contribution in [-0.2, 0) is 14.3 Å². The first-order valence-corrected chi connectivity index (χ1v) is 6.30. The second-order valence-electron chi connectivity index (χ2n) is 3.92. The molecule has 19 heavy (non-hydrogen) atoms. The highest BCUT2D eigenvalue weighted by atomic mass is 32.1. The summed E-state index contributed by atoms with van der Waals surface area (Å²) < 4.78 is 17.7. The van der Waals surface area contributed by atoms with Gasteiger partial charge in [-0.05, 0) is 6.92 Å². The molecule has 0 saturated heterocycles. The largest absolute Gasteiger partial charge is 0.499 e. The number of methoxy groups -OCH3 is 1. The van der Waals surface area contributed by atoms with Crippen LogP contribution < -0.4 is 5.32 Å². The fraction of sp³-hybridized carbons (Fsp3) is 0.364. The van der Waals surface area contributed by atoms with Crippen molar-refractivity contribution in [1.29, 1.82) is 0 Å². The number of carbonyl (C=O) groups excluding carboxylic acids is 2. The first-order chi connectivity index (χ1) is 9.01. The highest BCUT2D eigenvalue weighted by molar-refractivity contribution is 7.14. The zero-order chi connectivity index (χ0) is 14.0. The molecule has 0 radical (unpaired) electrons. The molecule has 2 rings (SSSR count). The minimum Gasteiger partial charge on any atom is -0.499 e. The normalized spacial score (nSPS) is 16.3. The number of rotatable bonds is 4. The highest BCUT2D eigenvalue weighted by Crippen LogP contribution is 2.18. The van der Waals surface area contributed by atoms with Crippen molar-refractivity contribution in [2.24, 2.45) is 0 Å². The van der Waals surface area contributed by atoms with Gasteiger partial charge in [0, 0.05) is 6.08 Å². The summed E-state index contributed by atoms with van der Waals surface area (Å²) in [6.07, 6.45) is 2.36. The Morgan fingerprint density at radius 3 is 2.95 bits per heavy atom. The van der Waals surface area contributed by atoms with E-state index in [-0.39, 0.29) is 17.6 Å². The van der Waals surface area contributed by atoms with Crippen molar-refractivity contribution in [1.82, 2.24) is 9.88 Å². The van der Waals surface area contributed by atoms with Gasteiger partial charge in [-0.3, -0.25) is 9.59 Å². The minimum absolute atomic E-state index is 0.168. The van der Waals surface area contributed by atoms with Gasteiger partial charge >= 0.3 is 0 Å². The van der Waals surface area contributed by atoms with Crippen LogP contribution in [0.25, 0.3) is 0 Å². The molecule has 0 aliphatic carbocycles. The van der Waals surface area contributed by atoms with Gasteiger partial charge in [0.05, 0.1) is 19.9 Å². The van der Waals surface area contributed by atoms with Crippen molar-refractivity contribution in [3.63, 3.8) is 0 Å². The number of carbonyl (C=O) groups is 2. The average molecular weight is 285 g/mol. The van der Waals surface area contributed by atoms with Crippen molar-refractivity contribution in [3.05, 3.63) is 23.2 Å². The van der Waals surface area contributed by atoms with Crippen LogP contribution in [-0.4, -0.2) is 41.4 Å². The molecule has 6 nitrogen and oxygen atoms in total. The van der Waals surface area contributed by atoms with Gasteiger partial charge in [-0.2, -0.15) is 4.39 Å². The molecule has 0 saturated carbocycles. The SMILES string of the molecule is COC1=CC(=O)N(C(C)C(=O)Nc2ncc(F)s2)C1. The maximum atomic E-state index is 12.8. The molecule has 1 aromatic heterocycles. The van der Waals surface area contributed by atoms with Crippen molar-refractivity contribution >= 4 is 28.3 Å².